The van der Waals surface area contributed by atoms with Gasteiger partial charge in [0.15, 0.2) is 0 Å². The molecule has 1 N–H and O–H groups in total. The Morgan fingerprint density at radius 3 is 2.56 bits per heavy atom. The number of hydrogen-bond donors (Lipinski definition) is 1. The van der Waals surface area contributed by atoms with Gasteiger partial charge in [-0.05, 0) is 65.3 Å². The SMILES string of the molecule is C=C(CCC(=C)c1ncccc1C(F)(F)F)c1ccc2[nH]ccc2c1. The molecule has 0 atom stereocenters. The number of nitrogens with one attached hydrogen (secondary N) is 1. The van der Waals surface area contributed by atoms with Crippen LogP contribution >= 0.6 is 0 Å². The Bertz CT molecular complexity index is 935. The molecule has 1 aromatic carbocycles. The number of benzene rings is 1. The zero-order valence-corrected chi connectivity index (χ0v) is 13.5. The minimum absolute atomic E-state index is 0.0936. The summed E-state index contributed by atoms with van der Waals surface area (Å²) < 4.78 is 39.3. The van der Waals surface area contributed by atoms with Gasteiger partial charge in [-0.3, -0.25) is 4.98 Å². The second-order valence-electron chi connectivity index (χ2n) is 5.88. The second-order valence-corrected chi connectivity index (χ2v) is 5.88. The molecule has 0 aliphatic rings. The van der Waals surface area contributed by atoms with Gasteiger partial charge in [0, 0.05) is 17.9 Å². The van der Waals surface area contributed by atoms with Gasteiger partial charge in [0.05, 0.1) is 11.3 Å². The van der Waals surface area contributed by atoms with Crippen LogP contribution in [-0.2, 0) is 6.18 Å². The molecule has 0 aliphatic carbocycles. The topological polar surface area (TPSA) is 28.7 Å². The average molecular weight is 342 g/mol. The maximum atomic E-state index is 13.1. The van der Waals surface area contributed by atoms with Crippen molar-refractivity contribution in [2.45, 2.75) is 19.0 Å². The van der Waals surface area contributed by atoms with Gasteiger partial charge < -0.3 is 4.98 Å². The Morgan fingerprint density at radius 2 is 1.80 bits per heavy atom. The number of aromatic amines is 1. The van der Waals surface area contributed by atoms with Crippen molar-refractivity contribution in [2.75, 3.05) is 0 Å². The van der Waals surface area contributed by atoms with E-state index < -0.39 is 11.7 Å². The number of fused-ring (bicyclic) bond motifs is 1. The van der Waals surface area contributed by atoms with Crippen molar-refractivity contribution >= 4 is 22.0 Å². The number of alkyl halides is 3. The van der Waals surface area contributed by atoms with Crippen molar-refractivity contribution in [1.82, 2.24) is 9.97 Å². The molecule has 3 rings (SSSR count). The van der Waals surface area contributed by atoms with Gasteiger partial charge >= 0.3 is 6.18 Å². The van der Waals surface area contributed by atoms with Crippen LogP contribution in [0.5, 0.6) is 0 Å². The highest BCUT2D eigenvalue weighted by Gasteiger charge is 2.34. The summed E-state index contributed by atoms with van der Waals surface area (Å²) in [6.45, 7) is 7.86. The summed E-state index contributed by atoms with van der Waals surface area (Å²) in [4.78, 5) is 7.00. The minimum atomic E-state index is -4.44. The third-order valence-corrected chi connectivity index (χ3v) is 4.14. The summed E-state index contributed by atoms with van der Waals surface area (Å²) in [5.74, 6) is 0. The highest BCUT2D eigenvalue weighted by molar-refractivity contribution is 5.83. The number of allylic oxidation sites excluding steroid dienone is 2. The van der Waals surface area contributed by atoms with E-state index >= 15 is 0 Å². The third-order valence-electron chi connectivity index (χ3n) is 4.14. The van der Waals surface area contributed by atoms with Crippen LogP contribution in [0.4, 0.5) is 13.2 Å². The van der Waals surface area contributed by atoms with E-state index in [0.717, 1.165) is 28.1 Å². The summed E-state index contributed by atoms with van der Waals surface area (Å²) in [6, 6.07) is 10.2. The Hall–Kier alpha value is -2.82. The van der Waals surface area contributed by atoms with Gasteiger partial charge in [0.1, 0.15) is 0 Å². The average Bonchev–Trinajstić information content (AvgIpc) is 3.06. The number of nitrogens with zero attached hydrogens (tertiary/aromatic N) is 1. The van der Waals surface area contributed by atoms with E-state index in [1.807, 2.05) is 30.5 Å². The van der Waals surface area contributed by atoms with Crippen molar-refractivity contribution in [3.63, 3.8) is 0 Å². The lowest BCUT2D eigenvalue weighted by molar-refractivity contribution is -0.138. The normalized spacial score (nSPS) is 11.6. The zero-order chi connectivity index (χ0) is 18.0. The van der Waals surface area contributed by atoms with E-state index in [1.165, 1.54) is 12.3 Å². The highest BCUT2D eigenvalue weighted by Crippen LogP contribution is 2.35. The monoisotopic (exact) mass is 342 g/mol. The molecule has 128 valence electrons. The standard InChI is InChI=1S/C20H17F3N2/c1-13(15-7-8-18-16(12-15)9-11-24-18)5-6-14(2)19-17(20(21,22)23)4-3-10-25-19/h3-4,7-12,24H,1-2,5-6H2. The first-order chi connectivity index (χ1) is 11.9. The van der Waals surface area contributed by atoms with Gasteiger partial charge in [-0.15, -0.1) is 0 Å². The molecule has 0 saturated carbocycles. The molecule has 0 saturated heterocycles. The molecule has 25 heavy (non-hydrogen) atoms. The van der Waals surface area contributed by atoms with Crippen LogP contribution in [0.15, 0.2) is 61.9 Å². The predicted molar refractivity (Wildman–Crippen MR) is 94.8 cm³/mol. The number of aromatic nitrogens is 2. The Kier molecular flexibility index (Phi) is 4.49. The molecule has 0 bridgehead atoms. The van der Waals surface area contributed by atoms with Crippen molar-refractivity contribution in [3.05, 3.63) is 78.8 Å². The van der Waals surface area contributed by atoms with E-state index in [9.17, 15) is 13.2 Å². The van der Waals surface area contributed by atoms with Crippen molar-refractivity contribution < 1.29 is 13.2 Å². The van der Waals surface area contributed by atoms with E-state index in [1.54, 1.807) is 0 Å². The Labute approximate surface area is 143 Å². The van der Waals surface area contributed by atoms with Gasteiger partial charge in [0.25, 0.3) is 0 Å². The van der Waals surface area contributed by atoms with Crippen molar-refractivity contribution in [1.29, 1.82) is 0 Å². The predicted octanol–water partition coefficient (Wildman–Crippen LogP) is 6.09. The second kappa shape index (κ2) is 6.59. The molecule has 0 radical (unpaired) electrons. The summed E-state index contributed by atoms with van der Waals surface area (Å²) in [6.07, 6.45) is -0.348. The molecule has 2 nitrogen and oxygen atoms in total. The number of hydrogen-bond acceptors (Lipinski definition) is 1. The third kappa shape index (κ3) is 3.65. The number of pyridine rings is 1. The largest absolute Gasteiger partial charge is 0.418 e. The first-order valence-corrected chi connectivity index (χ1v) is 7.82. The molecule has 2 heterocycles. The van der Waals surface area contributed by atoms with Crippen LogP contribution < -0.4 is 0 Å². The maximum absolute atomic E-state index is 13.1. The van der Waals surface area contributed by atoms with Gasteiger partial charge in [-0.1, -0.05) is 19.2 Å². The molecular weight excluding hydrogens is 325 g/mol. The molecule has 0 unspecified atom stereocenters. The zero-order valence-electron chi connectivity index (χ0n) is 13.5. The summed E-state index contributed by atoms with van der Waals surface area (Å²) >= 11 is 0. The van der Waals surface area contributed by atoms with E-state index in [2.05, 4.69) is 23.1 Å². The van der Waals surface area contributed by atoms with E-state index in [4.69, 9.17) is 0 Å². The minimum Gasteiger partial charge on any atom is -0.361 e. The lowest BCUT2D eigenvalue weighted by atomic mass is 9.96. The van der Waals surface area contributed by atoms with Gasteiger partial charge in [0.2, 0.25) is 0 Å². The first kappa shape index (κ1) is 17.0. The molecule has 3 aromatic rings. The van der Waals surface area contributed by atoms with Crippen LogP contribution in [0.2, 0.25) is 0 Å². The smallest absolute Gasteiger partial charge is 0.361 e. The molecule has 0 aliphatic heterocycles. The van der Waals surface area contributed by atoms with E-state index in [-0.39, 0.29) is 5.69 Å². The Balaban J connectivity index is 1.73. The van der Waals surface area contributed by atoms with E-state index in [0.29, 0.717) is 18.4 Å². The van der Waals surface area contributed by atoms with Gasteiger partial charge in [-0.25, -0.2) is 0 Å². The maximum Gasteiger partial charge on any atom is 0.418 e. The van der Waals surface area contributed by atoms with Crippen LogP contribution in [0.1, 0.15) is 29.7 Å². The molecule has 2 aromatic heterocycles. The molecule has 0 spiro atoms. The van der Waals surface area contributed by atoms with Crippen LogP contribution in [0.25, 0.3) is 22.0 Å². The lowest BCUT2D eigenvalue weighted by Crippen LogP contribution is -2.10. The fraction of sp³-hybridized carbons (Fsp3) is 0.150. The molecule has 0 fully saturated rings. The van der Waals surface area contributed by atoms with Crippen LogP contribution in [-0.4, -0.2) is 9.97 Å². The van der Waals surface area contributed by atoms with Crippen molar-refractivity contribution in [2.24, 2.45) is 0 Å². The fourth-order valence-corrected chi connectivity index (χ4v) is 2.75. The highest BCUT2D eigenvalue weighted by atomic mass is 19.4. The number of halogens is 3. The molecular formula is C20H17F3N2. The van der Waals surface area contributed by atoms with Gasteiger partial charge in [-0.2, -0.15) is 13.2 Å². The summed E-state index contributed by atoms with van der Waals surface area (Å²) in [5.41, 5.74) is 2.37. The fourth-order valence-electron chi connectivity index (χ4n) is 2.75. The van der Waals surface area contributed by atoms with Crippen LogP contribution in [0.3, 0.4) is 0 Å². The van der Waals surface area contributed by atoms with Crippen LogP contribution in [0, 0.1) is 0 Å². The lowest BCUT2D eigenvalue weighted by Gasteiger charge is -2.14. The molecule has 5 heteroatoms. The first-order valence-electron chi connectivity index (χ1n) is 7.82. The summed E-state index contributed by atoms with van der Waals surface area (Å²) in [5, 5.41) is 1.07. The summed E-state index contributed by atoms with van der Waals surface area (Å²) in [7, 11) is 0. The number of rotatable bonds is 5. The number of H-pyrrole nitrogens is 1. The van der Waals surface area contributed by atoms with Crippen molar-refractivity contribution in [3.8, 4) is 0 Å². The quantitative estimate of drug-likeness (QED) is 0.597. The molecule has 0 amide bonds. The Morgan fingerprint density at radius 1 is 1.04 bits per heavy atom.